The monoisotopic (exact) mass is 234 g/mol. The topological polar surface area (TPSA) is 50.2 Å². The van der Waals surface area contributed by atoms with Crippen LogP contribution in [0.2, 0.25) is 0 Å². The summed E-state index contributed by atoms with van der Waals surface area (Å²) in [7, 11) is 2.08. The Morgan fingerprint density at radius 3 is 2.82 bits per heavy atom. The van der Waals surface area contributed by atoms with E-state index in [4.69, 9.17) is 0 Å². The van der Waals surface area contributed by atoms with Crippen molar-refractivity contribution in [2.24, 2.45) is 0 Å². The Labute approximate surface area is 101 Å². The summed E-state index contributed by atoms with van der Waals surface area (Å²) in [4.78, 5) is 13.3. The molecule has 0 spiro atoms. The van der Waals surface area contributed by atoms with Crippen LogP contribution in [-0.4, -0.2) is 41.1 Å². The number of carbonyl (C=O) groups excluding carboxylic acids is 1. The van der Waals surface area contributed by atoms with Crippen molar-refractivity contribution in [3.05, 3.63) is 17.0 Å². The number of carbonyl (C=O) groups is 1. The van der Waals surface area contributed by atoms with Gasteiger partial charge in [0.2, 0.25) is 0 Å². The predicted molar refractivity (Wildman–Crippen MR) is 63.9 cm³/mol. The molecule has 2 aliphatic heterocycles. The molecule has 0 atom stereocenters. The first-order valence-corrected chi connectivity index (χ1v) is 6.24. The second-order valence-corrected chi connectivity index (χ2v) is 5.03. The van der Waals surface area contributed by atoms with Crippen molar-refractivity contribution in [1.82, 2.24) is 20.0 Å². The molecular formula is C12H18N4O. The van der Waals surface area contributed by atoms with Crippen LogP contribution in [0.5, 0.6) is 0 Å². The third kappa shape index (κ3) is 1.79. The van der Waals surface area contributed by atoms with Crippen molar-refractivity contribution in [3.63, 3.8) is 0 Å². The molecule has 0 bridgehead atoms. The zero-order valence-corrected chi connectivity index (χ0v) is 10.1. The van der Waals surface area contributed by atoms with E-state index in [9.17, 15) is 4.79 Å². The summed E-state index contributed by atoms with van der Waals surface area (Å²) < 4.78 is 2.11. The first kappa shape index (κ1) is 10.9. The van der Waals surface area contributed by atoms with Gasteiger partial charge in [-0.25, -0.2) is 0 Å². The van der Waals surface area contributed by atoms with Crippen molar-refractivity contribution >= 4 is 6.29 Å². The van der Waals surface area contributed by atoms with Gasteiger partial charge < -0.3 is 5.32 Å². The van der Waals surface area contributed by atoms with Gasteiger partial charge in [0.05, 0.1) is 11.7 Å². The van der Waals surface area contributed by atoms with Gasteiger partial charge in [-0.1, -0.05) is 0 Å². The van der Waals surface area contributed by atoms with Gasteiger partial charge in [-0.3, -0.25) is 14.4 Å². The van der Waals surface area contributed by atoms with E-state index in [1.54, 1.807) is 0 Å². The van der Waals surface area contributed by atoms with Crippen LogP contribution in [0.25, 0.3) is 0 Å². The van der Waals surface area contributed by atoms with Crippen molar-refractivity contribution in [1.29, 1.82) is 0 Å². The maximum atomic E-state index is 11.1. The van der Waals surface area contributed by atoms with E-state index in [2.05, 4.69) is 27.0 Å². The molecule has 0 aromatic carbocycles. The van der Waals surface area contributed by atoms with Crippen LogP contribution in [0, 0.1) is 0 Å². The summed E-state index contributed by atoms with van der Waals surface area (Å²) in [6.45, 7) is 3.87. The van der Waals surface area contributed by atoms with Gasteiger partial charge >= 0.3 is 0 Å². The van der Waals surface area contributed by atoms with E-state index in [1.807, 2.05) is 0 Å². The smallest absolute Gasteiger partial charge is 0.170 e. The summed E-state index contributed by atoms with van der Waals surface area (Å²) >= 11 is 0. The number of rotatable bonds is 2. The molecule has 5 heteroatoms. The molecule has 0 amide bonds. The maximum Gasteiger partial charge on any atom is 0.170 e. The molecule has 0 unspecified atom stereocenters. The first-order valence-electron chi connectivity index (χ1n) is 6.24. The highest BCUT2D eigenvalue weighted by atomic mass is 16.1. The molecule has 1 saturated heterocycles. The molecule has 0 saturated carbocycles. The fourth-order valence-corrected chi connectivity index (χ4v) is 2.89. The minimum absolute atomic E-state index is 0.463. The molecule has 0 aliphatic carbocycles. The minimum Gasteiger partial charge on any atom is -0.317 e. The third-order valence-electron chi connectivity index (χ3n) is 3.76. The Bertz CT molecular complexity index is 434. The van der Waals surface area contributed by atoms with Crippen LogP contribution in [-0.2, 0) is 13.1 Å². The number of fused-ring (bicyclic) bond motifs is 1. The molecule has 2 aliphatic rings. The number of aldehydes is 1. The van der Waals surface area contributed by atoms with Crippen molar-refractivity contribution in [3.8, 4) is 0 Å². The van der Waals surface area contributed by atoms with Gasteiger partial charge in [-0.2, -0.15) is 5.10 Å². The average Bonchev–Trinajstić information content (AvgIpc) is 2.87. The van der Waals surface area contributed by atoms with Crippen LogP contribution >= 0.6 is 0 Å². The van der Waals surface area contributed by atoms with E-state index >= 15 is 0 Å². The first-order chi connectivity index (χ1) is 8.29. The standard InChI is InChI=1S/C12H18N4O/c1-15-6-10-11(8-17)14-16(12(10)7-15)9-2-4-13-5-3-9/h8-9,13H,2-7H2,1H3. The van der Waals surface area contributed by atoms with E-state index in [0.29, 0.717) is 11.7 Å². The van der Waals surface area contributed by atoms with Gasteiger partial charge in [0, 0.05) is 18.7 Å². The summed E-state index contributed by atoms with van der Waals surface area (Å²) in [5.41, 5.74) is 3.03. The largest absolute Gasteiger partial charge is 0.317 e. The zero-order chi connectivity index (χ0) is 11.8. The average molecular weight is 234 g/mol. The van der Waals surface area contributed by atoms with Crippen LogP contribution in [0.4, 0.5) is 0 Å². The third-order valence-corrected chi connectivity index (χ3v) is 3.76. The van der Waals surface area contributed by atoms with E-state index in [-0.39, 0.29) is 0 Å². The highest BCUT2D eigenvalue weighted by molar-refractivity contribution is 5.75. The summed E-state index contributed by atoms with van der Waals surface area (Å²) in [6, 6.07) is 0.463. The quantitative estimate of drug-likeness (QED) is 0.760. The van der Waals surface area contributed by atoms with E-state index in [0.717, 1.165) is 50.9 Å². The number of hydrogen-bond donors (Lipinski definition) is 1. The lowest BCUT2D eigenvalue weighted by Gasteiger charge is -2.24. The molecule has 1 fully saturated rings. The van der Waals surface area contributed by atoms with E-state index < -0.39 is 0 Å². The molecule has 3 heterocycles. The lowest BCUT2D eigenvalue weighted by atomic mass is 10.1. The zero-order valence-electron chi connectivity index (χ0n) is 10.1. The van der Waals surface area contributed by atoms with E-state index in [1.165, 1.54) is 5.69 Å². The Kier molecular flexibility index (Phi) is 2.72. The molecule has 17 heavy (non-hydrogen) atoms. The summed E-state index contributed by atoms with van der Waals surface area (Å²) in [5, 5.41) is 7.86. The van der Waals surface area contributed by atoms with Crippen LogP contribution in [0.3, 0.4) is 0 Å². The Morgan fingerprint density at radius 2 is 2.12 bits per heavy atom. The fourth-order valence-electron chi connectivity index (χ4n) is 2.89. The SMILES string of the molecule is CN1Cc2c(C=O)nn(C3CCNCC3)c2C1. The molecular weight excluding hydrogens is 216 g/mol. The Balaban J connectivity index is 1.97. The lowest BCUT2D eigenvalue weighted by molar-refractivity contribution is 0.111. The molecule has 5 nitrogen and oxygen atoms in total. The number of aromatic nitrogens is 2. The van der Waals surface area contributed by atoms with Crippen LogP contribution in [0.1, 0.15) is 40.6 Å². The van der Waals surface area contributed by atoms with Crippen molar-refractivity contribution < 1.29 is 4.79 Å². The van der Waals surface area contributed by atoms with Gasteiger partial charge in [0.25, 0.3) is 0 Å². The van der Waals surface area contributed by atoms with Crippen LogP contribution in [0.15, 0.2) is 0 Å². The van der Waals surface area contributed by atoms with Gasteiger partial charge in [-0.15, -0.1) is 0 Å². The highest BCUT2D eigenvalue weighted by Crippen LogP contribution is 2.29. The summed E-state index contributed by atoms with van der Waals surface area (Å²) in [6.07, 6.45) is 3.11. The van der Waals surface area contributed by atoms with Gasteiger partial charge in [0.15, 0.2) is 6.29 Å². The molecule has 1 aromatic heterocycles. The van der Waals surface area contributed by atoms with Crippen molar-refractivity contribution in [2.45, 2.75) is 32.0 Å². The normalized spacial score (nSPS) is 21.7. The van der Waals surface area contributed by atoms with Gasteiger partial charge in [-0.05, 0) is 33.0 Å². The van der Waals surface area contributed by atoms with Gasteiger partial charge in [0.1, 0.15) is 5.69 Å². The number of hydrogen-bond acceptors (Lipinski definition) is 4. The van der Waals surface area contributed by atoms with Crippen molar-refractivity contribution in [2.75, 3.05) is 20.1 Å². The number of nitrogens with zero attached hydrogens (tertiary/aromatic N) is 3. The Morgan fingerprint density at radius 1 is 1.35 bits per heavy atom. The van der Waals surface area contributed by atoms with Crippen LogP contribution < -0.4 is 5.32 Å². The molecule has 1 N–H and O–H groups in total. The number of nitrogens with one attached hydrogen (secondary N) is 1. The summed E-state index contributed by atoms with van der Waals surface area (Å²) in [5.74, 6) is 0. The second-order valence-electron chi connectivity index (χ2n) is 5.03. The number of piperidine rings is 1. The molecule has 3 rings (SSSR count). The molecule has 1 aromatic rings. The predicted octanol–water partition coefficient (Wildman–Crippen LogP) is 0.565. The minimum atomic E-state index is 0.463. The Hall–Kier alpha value is -1.20. The molecule has 0 radical (unpaired) electrons. The molecule has 92 valence electrons. The lowest BCUT2D eigenvalue weighted by Crippen LogP contribution is -2.30. The highest BCUT2D eigenvalue weighted by Gasteiger charge is 2.28. The second kappa shape index (κ2) is 4.23. The fraction of sp³-hybridized carbons (Fsp3) is 0.667. The maximum absolute atomic E-state index is 11.1.